The number of para-hydroxylation sites is 1. The Hall–Kier alpha value is -3.32. The van der Waals surface area contributed by atoms with Crippen molar-refractivity contribution in [1.29, 1.82) is 0 Å². The van der Waals surface area contributed by atoms with E-state index in [1.165, 1.54) is 41.5 Å². The zero-order valence-corrected chi connectivity index (χ0v) is 19.1. The van der Waals surface area contributed by atoms with E-state index in [0.29, 0.717) is 0 Å². The summed E-state index contributed by atoms with van der Waals surface area (Å²) in [6.07, 6.45) is 9.82. The number of fused-ring (bicyclic) bond motifs is 5. The second-order valence-corrected chi connectivity index (χ2v) is 9.21. The Morgan fingerprint density at radius 2 is 1.62 bits per heavy atom. The van der Waals surface area contributed by atoms with Gasteiger partial charge in [-0.1, -0.05) is 55.6 Å². The quantitative estimate of drug-likeness (QED) is 0.362. The number of anilines is 2. The molecule has 2 atom stereocenters. The highest BCUT2D eigenvalue weighted by molar-refractivity contribution is 5.77. The molecule has 0 heterocycles. The summed E-state index contributed by atoms with van der Waals surface area (Å²) >= 11 is 0. The molecule has 3 aromatic rings. The highest BCUT2D eigenvalue weighted by Gasteiger charge is 2.37. The van der Waals surface area contributed by atoms with E-state index >= 15 is 0 Å². The minimum Gasteiger partial charge on any atom is -0.310 e. The number of hydrogen-bond donors (Lipinski definition) is 0. The molecule has 2 unspecified atom stereocenters. The maximum absolute atomic E-state index is 4.05. The fraction of sp³-hybridized carbons (Fsp3) is 0.226. The van der Waals surface area contributed by atoms with Crippen LogP contribution < -0.4 is 4.90 Å². The summed E-state index contributed by atoms with van der Waals surface area (Å²) in [5.74, 6) is 1.59. The first-order valence-electron chi connectivity index (χ1n) is 11.7. The number of rotatable bonds is 6. The molecule has 2 aliphatic rings. The van der Waals surface area contributed by atoms with Gasteiger partial charge in [-0.25, -0.2) is 0 Å². The average Bonchev–Trinajstić information content (AvgIpc) is 3.43. The van der Waals surface area contributed by atoms with E-state index in [9.17, 15) is 0 Å². The summed E-state index contributed by atoms with van der Waals surface area (Å²) < 4.78 is 0. The van der Waals surface area contributed by atoms with Crippen molar-refractivity contribution < 1.29 is 0 Å². The largest absolute Gasteiger partial charge is 0.310 e. The third-order valence-electron chi connectivity index (χ3n) is 7.24. The third-order valence-corrected chi connectivity index (χ3v) is 7.24. The molecule has 0 radical (unpaired) electrons. The van der Waals surface area contributed by atoms with Crippen LogP contribution in [0, 0.1) is 13.8 Å². The Morgan fingerprint density at radius 3 is 2.34 bits per heavy atom. The molecule has 3 aromatic carbocycles. The summed E-state index contributed by atoms with van der Waals surface area (Å²) in [4.78, 5) is 2.25. The maximum Gasteiger partial charge on any atom is 0.0491 e. The van der Waals surface area contributed by atoms with Crippen molar-refractivity contribution in [1.82, 2.24) is 0 Å². The van der Waals surface area contributed by atoms with Gasteiger partial charge in [0.2, 0.25) is 0 Å². The van der Waals surface area contributed by atoms with Crippen LogP contribution in [-0.4, -0.2) is 0 Å². The highest BCUT2D eigenvalue weighted by Crippen LogP contribution is 2.54. The van der Waals surface area contributed by atoms with Crippen LogP contribution in [0.15, 0.2) is 97.7 Å². The van der Waals surface area contributed by atoms with E-state index in [1.54, 1.807) is 11.1 Å². The van der Waals surface area contributed by atoms with Crippen LogP contribution in [0.4, 0.5) is 11.4 Å². The number of hydrogen-bond acceptors (Lipinski definition) is 1. The summed E-state index contributed by atoms with van der Waals surface area (Å²) in [6, 6.07) is 22.2. The van der Waals surface area contributed by atoms with E-state index in [2.05, 4.69) is 86.5 Å². The van der Waals surface area contributed by atoms with Gasteiger partial charge in [0, 0.05) is 17.1 Å². The standard InChI is InChI=1S/C31H31N/c1-5-10-27(6-2)32(28-11-8-7-9-12-28)30-16-15-23(17-21(30)3)26-18-22(4)31-25-14-13-24(19-25)29(31)20-26/h5-12,15-18,20,24-25H,1-2,13-14,19H2,3-4H3/b27-10+. The topological polar surface area (TPSA) is 3.24 Å². The Kier molecular flexibility index (Phi) is 5.35. The van der Waals surface area contributed by atoms with Crippen molar-refractivity contribution in [2.45, 2.75) is 44.9 Å². The highest BCUT2D eigenvalue weighted by atomic mass is 15.1. The maximum atomic E-state index is 4.05. The van der Waals surface area contributed by atoms with Crippen molar-refractivity contribution in [2.75, 3.05) is 4.90 Å². The van der Waals surface area contributed by atoms with Gasteiger partial charge in [0.05, 0.1) is 0 Å². The molecule has 1 heteroatoms. The Morgan fingerprint density at radius 1 is 0.875 bits per heavy atom. The molecule has 2 bridgehead atoms. The molecular formula is C31H31N. The van der Waals surface area contributed by atoms with E-state index in [1.807, 2.05) is 24.3 Å². The number of nitrogens with zero attached hydrogens (tertiary/aromatic N) is 1. The zero-order valence-electron chi connectivity index (χ0n) is 19.1. The monoisotopic (exact) mass is 417 g/mol. The van der Waals surface area contributed by atoms with Crippen molar-refractivity contribution in [3.8, 4) is 11.1 Å². The molecule has 2 aliphatic carbocycles. The molecule has 1 nitrogen and oxygen atoms in total. The van der Waals surface area contributed by atoms with Crippen molar-refractivity contribution in [3.05, 3.63) is 120 Å². The zero-order chi connectivity index (χ0) is 22.2. The van der Waals surface area contributed by atoms with E-state index < -0.39 is 0 Å². The van der Waals surface area contributed by atoms with Crippen LogP contribution in [0.5, 0.6) is 0 Å². The first-order valence-corrected chi connectivity index (χ1v) is 11.7. The van der Waals surface area contributed by atoms with Crippen LogP contribution >= 0.6 is 0 Å². The molecule has 0 spiro atoms. The average molecular weight is 418 g/mol. The SMILES string of the molecule is C=C/C=C(\C=C)N(c1ccccc1)c1ccc(-c2cc(C)c3c(c2)C2CCC3C2)cc1C. The van der Waals surface area contributed by atoms with Crippen molar-refractivity contribution in [2.24, 2.45) is 0 Å². The lowest BCUT2D eigenvalue weighted by atomic mass is 9.86. The van der Waals surface area contributed by atoms with Gasteiger partial charge in [0.25, 0.3) is 0 Å². The second-order valence-electron chi connectivity index (χ2n) is 9.21. The molecule has 1 fully saturated rings. The van der Waals surface area contributed by atoms with E-state index in [-0.39, 0.29) is 0 Å². The lowest BCUT2D eigenvalue weighted by Crippen LogP contribution is -2.16. The number of allylic oxidation sites excluding steroid dienone is 3. The van der Waals surface area contributed by atoms with Crippen LogP contribution in [0.25, 0.3) is 11.1 Å². The van der Waals surface area contributed by atoms with E-state index in [0.717, 1.165) is 28.9 Å². The minimum atomic E-state index is 0.779. The van der Waals surface area contributed by atoms with Crippen molar-refractivity contribution >= 4 is 11.4 Å². The van der Waals surface area contributed by atoms with Gasteiger partial charge >= 0.3 is 0 Å². The van der Waals surface area contributed by atoms with Crippen LogP contribution in [0.1, 0.15) is 53.4 Å². The first-order chi connectivity index (χ1) is 15.6. The summed E-state index contributed by atoms with van der Waals surface area (Å²) in [6.45, 7) is 12.5. The molecule has 0 aromatic heterocycles. The van der Waals surface area contributed by atoms with Gasteiger partial charge in [-0.3, -0.25) is 0 Å². The van der Waals surface area contributed by atoms with Crippen molar-refractivity contribution in [3.63, 3.8) is 0 Å². The normalized spacial score (nSPS) is 19.0. The summed E-state index contributed by atoms with van der Waals surface area (Å²) in [5, 5.41) is 0. The van der Waals surface area contributed by atoms with Gasteiger partial charge in [-0.05, 0) is 115 Å². The Balaban J connectivity index is 1.58. The molecule has 32 heavy (non-hydrogen) atoms. The van der Waals surface area contributed by atoms with Gasteiger partial charge in [-0.15, -0.1) is 0 Å². The smallest absolute Gasteiger partial charge is 0.0491 e. The second kappa shape index (κ2) is 8.31. The minimum absolute atomic E-state index is 0.779. The molecule has 0 aliphatic heterocycles. The molecule has 0 N–H and O–H groups in total. The third kappa shape index (κ3) is 3.42. The fourth-order valence-electron chi connectivity index (χ4n) is 5.86. The predicted molar refractivity (Wildman–Crippen MR) is 138 cm³/mol. The number of aryl methyl sites for hydroxylation is 2. The lowest BCUT2D eigenvalue weighted by molar-refractivity contribution is 0.714. The predicted octanol–water partition coefficient (Wildman–Crippen LogP) is 8.73. The van der Waals surface area contributed by atoms with Crippen LogP contribution in [-0.2, 0) is 0 Å². The molecule has 160 valence electrons. The van der Waals surface area contributed by atoms with Crippen LogP contribution in [0.2, 0.25) is 0 Å². The lowest BCUT2D eigenvalue weighted by Gasteiger charge is -2.28. The summed E-state index contributed by atoms with van der Waals surface area (Å²) in [7, 11) is 0. The van der Waals surface area contributed by atoms with Crippen LogP contribution in [0.3, 0.4) is 0 Å². The summed E-state index contributed by atoms with van der Waals surface area (Å²) in [5.41, 5.74) is 11.9. The molecule has 1 saturated carbocycles. The first kappa shape index (κ1) is 20.6. The number of benzene rings is 3. The van der Waals surface area contributed by atoms with Gasteiger partial charge in [0.15, 0.2) is 0 Å². The van der Waals surface area contributed by atoms with Gasteiger partial charge in [-0.2, -0.15) is 0 Å². The van der Waals surface area contributed by atoms with E-state index in [4.69, 9.17) is 0 Å². The van der Waals surface area contributed by atoms with Gasteiger partial charge in [0.1, 0.15) is 0 Å². The Labute approximate surface area is 192 Å². The molecular weight excluding hydrogens is 386 g/mol. The van der Waals surface area contributed by atoms with Gasteiger partial charge < -0.3 is 4.90 Å². The Bertz CT molecular complexity index is 1210. The molecule has 5 rings (SSSR count). The molecule has 0 amide bonds. The fourth-order valence-corrected chi connectivity index (χ4v) is 5.86. The molecule has 0 saturated heterocycles.